The number of rotatable bonds is 11. The summed E-state index contributed by atoms with van der Waals surface area (Å²) < 4.78 is 5.36. The van der Waals surface area contributed by atoms with Gasteiger partial charge in [0.15, 0.2) is 5.13 Å². The van der Waals surface area contributed by atoms with E-state index in [9.17, 15) is 19.5 Å². The molecule has 0 spiro atoms. The lowest BCUT2D eigenvalue weighted by Gasteiger charge is -2.14. The summed E-state index contributed by atoms with van der Waals surface area (Å²) in [6.45, 7) is 3.82. The summed E-state index contributed by atoms with van der Waals surface area (Å²) in [4.78, 5) is 44.9. The van der Waals surface area contributed by atoms with Gasteiger partial charge in [-0.15, -0.1) is 23.1 Å². The first kappa shape index (κ1) is 33.0. The number of nitrogens with zero attached hydrogens (tertiary/aromatic N) is 1. The fourth-order valence-corrected chi connectivity index (χ4v) is 6.06. The number of thioether (sulfide) groups is 1. The van der Waals surface area contributed by atoms with Gasteiger partial charge in [0.2, 0.25) is 5.91 Å². The average molecular weight is 665 g/mol. The second-order valence-corrected chi connectivity index (χ2v) is 12.7. The molecule has 1 atom stereocenters. The molecule has 0 saturated heterocycles. The van der Waals surface area contributed by atoms with E-state index in [1.807, 2.05) is 42.6 Å². The third-order valence-corrected chi connectivity index (χ3v) is 8.75. The molecule has 0 fully saturated rings. The van der Waals surface area contributed by atoms with Crippen LogP contribution in [0.2, 0.25) is 0 Å². The molecule has 3 amide bonds. The van der Waals surface area contributed by atoms with Crippen molar-refractivity contribution in [2.24, 2.45) is 0 Å². The molecule has 11 heteroatoms. The van der Waals surface area contributed by atoms with Crippen LogP contribution in [0.5, 0.6) is 11.5 Å². The zero-order valence-corrected chi connectivity index (χ0v) is 27.4. The van der Waals surface area contributed by atoms with Crippen molar-refractivity contribution in [1.82, 2.24) is 10.3 Å². The van der Waals surface area contributed by atoms with Gasteiger partial charge in [0.25, 0.3) is 11.8 Å². The fourth-order valence-electron chi connectivity index (χ4n) is 4.42. The first-order valence-corrected chi connectivity index (χ1v) is 16.3. The van der Waals surface area contributed by atoms with Crippen molar-refractivity contribution in [1.29, 1.82) is 0 Å². The first-order chi connectivity index (χ1) is 22.7. The topological polar surface area (TPSA) is 130 Å². The van der Waals surface area contributed by atoms with Gasteiger partial charge in [0.1, 0.15) is 17.2 Å². The van der Waals surface area contributed by atoms with Crippen molar-refractivity contribution in [3.05, 3.63) is 125 Å². The van der Waals surface area contributed by atoms with Gasteiger partial charge in [0.05, 0.1) is 18.1 Å². The lowest BCUT2D eigenvalue weighted by molar-refractivity contribution is -0.115. The Balaban J connectivity index is 1.28. The molecular formula is C36H32N4O5S2. The molecule has 238 valence electrons. The Labute approximate surface area is 280 Å². The molecule has 0 radical (unpaired) electrons. The number of aromatic hydroxyl groups is 1. The number of benzene rings is 4. The van der Waals surface area contributed by atoms with Crippen LogP contribution in [0.4, 0.5) is 10.8 Å². The van der Waals surface area contributed by atoms with Gasteiger partial charge in [-0.2, -0.15) is 0 Å². The fraction of sp³-hybridized carbons (Fsp3) is 0.111. The average Bonchev–Trinajstić information content (AvgIpc) is 3.54. The lowest BCUT2D eigenvalue weighted by atomic mass is 10.1. The van der Waals surface area contributed by atoms with E-state index >= 15 is 0 Å². The summed E-state index contributed by atoms with van der Waals surface area (Å²) in [7, 11) is 1.44. The van der Waals surface area contributed by atoms with E-state index in [0.29, 0.717) is 27.7 Å². The highest BCUT2D eigenvalue weighted by molar-refractivity contribution is 8.00. The smallest absolute Gasteiger partial charge is 0.272 e. The predicted molar refractivity (Wildman–Crippen MR) is 188 cm³/mol. The van der Waals surface area contributed by atoms with Crippen LogP contribution in [0.3, 0.4) is 0 Å². The van der Waals surface area contributed by atoms with Crippen LogP contribution in [0.1, 0.15) is 28.4 Å². The summed E-state index contributed by atoms with van der Waals surface area (Å²) in [5.41, 5.74) is 4.21. The van der Waals surface area contributed by atoms with Crippen molar-refractivity contribution in [2.45, 2.75) is 24.0 Å². The Morgan fingerprint density at radius 3 is 2.45 bits per heavy atom. The second-order valence-electron chi connectivity index (χ2n) is 10.4. The molecule has 0 aliphatic carbocycles. The quantitative estimate of drug-likeness (QED) is 0.0858. The number of anilines is 2. The van der Waals surface area contributed by atoms with Crippen LogP contribution in [-0.2, 0) is 9.59 Å². The van der Waals surface area contributed by atoms with Crippen molar-refractivity contribution >= 4 is 57.7 Å². The van der Waals surface area contributed by atoms with Crippen LogP contribution in [-0.4, -0.2) is 40.2 Å². The SMILES string of the molecule is COc1cc(O)ccc1/C=C(/NC(=O)c1ccccc1)C(=O)Nc1cccc(SC(C)C(=O)Nc2nc(-c3ccc(C)cc3)cs2)c1. The molecule has 1 aromatic heterocycles. The monoisotopic (exact) mass is 664 g/mol. The molecule has 0 bridgehead atoms. The van der Waals surface area contributed by atoms with Crippen LogP contribution in [0.25, 0.3) is 17.3 Å². The first-order valence-electron chi connectivity index (χ1n) is 14.5. The molecule has 4 aromatic carbocycles. The molecular weight excluding hydrogens is 633 g/mol. The van der Waals surface area contributed by atoms with E-state index in [2.05, 4.69) is 20.9 Å². The van der Waals surface area contributed by atoms with Crippen molar-refractivity contribution < 1.29 is 24.2 Å². The van der Waals surface area contributed by atoms with E-state index < -0.39 is 17.1 Å². The lowest BCUT2D eigenvalue weighted by Crippen LogP contribution is -2.30. The number of phenols is 1. The maximum absolute atomic E-state index is 13.6. The van der Waals surface area contributed by atoms with Gasteiger partial charge in [-0.25, -0.2) is 4.98 Å². The van der Waals surface area contributed by atoms with Crippen LogP contribution in [0.15, 0.2) is 113 Å². The number of amides is 3. The van der Waals surface area contributed by atoms with Crippen molar-refractivity contribution in [3.8, 4) is 22.8 Å². The number of ether oxygens (including phenoxy) is 1. The predicted octanol–water partition coefficient (Wildman–Crippen LogP) is 7.36. The van der Waals surface area contributed by atoms with E-state index in [-0.39, 0.29) is 17.4 Å². The van der Waals surface area contributed by atoms with Gasteiger partial charge in [-0.05, 0) is 62.4 Å². The van der Waals surface area contributed by atoms with E-state index in [1.165, 1.54) is 48.4 Å². The van der Waals surface area contributed by atoms with Crippen LogP contribution < -0.4 is 20.7 Å². The molecule has 0 aliphatic heterocycles. The van der Waals surface area contributed by atoms with Gasteiger partial charge >= 0.3 is 0 Å². The number of aryl methyl sites for hydroxylation is 1. The number of phenolic OH excluding ortho intramolecular Hbond substituents is 1. The largest absolute Gasteiger partial charge is 0.508 e. The van der Waals surface area contributed by atoms with Crippen molar-refractivity contribution in [2.75, 3.05) is 17.7 Å². The van der Waals surface area contributed by atoms with Gasteiger partial charge in [-0.1, -0.05) is 54.1 Å². The molecule has 5 rings (SSSR count). The van der Waals surface area contributed by atoms with Gasteiger partial charge in [0, 0.05) is 38.7 Å². The maximum Gasteiger partial charge on any atom is 0.272 e. The van der Waals surface area contributed by atoms with Crippen LogP contribution >= 0.6 is 23.1 Å². The highest BCUT2D eigenvalue weighted by atomic mass is 32.2. The highest BCUT2D eigenvalue weighted by Gasteiger charge is 2.19. The highest BCUT2D eigenvalue weighted by Crippen LogP contribution is 2.30. The second kappa shape index (κ2) is 15.3. The maximum atomic E-state index is 13.6. The van der Waals surface area contributed by atoms with Crippen molar-refractivity contribution in [3.63, 3.8) is 0 Å². The molecule has 0 aliphatic rings. The number of aromatic nitrogens is 1. The van der Waals surface area contributed by atoms with Gasteiger partial charge in [-0.3, -0.25) is 14.4 Å². The summed E-state index contributed by atoms with van der Waals surface area (Å²) in [6.07, 6.45) is 1.47. The minimum absolute atomic E-state index is 0.00537. The summed E-state index contributed by atoms with van der Waals surface area (Å²) in [5.74, 6) is -0.940. The number of hydrogen-bond acceptors (Lipinski definition) is 8. The molecule has 4 N–H and O–H groups in total. The zero-order chi connectivity index (χ0) is 33.3. The molecule has 47 heavy (non-hydrogen) atoms. The Hall–Kier alpha value is -5.39. The number of nitrogens with one attached hydrogen (secondary N) is 3. The normalized spacial score (nSPS) is 11.8. The van der Waals surface area contributed by atoms with Crippen LogP contribution in [0, 0.1) is 6.92 Å². The minimum atomic E-state index is -0.578. The number of hydrogen-bond donors (Lipinski definition) is 4. The minimum Gasteiger partial charge on any atom is -0.508 e. The Bertz CT molecular complexity index is 1920. The molecule has 5 aromatic rings. The summed E-state index contributed by atoms with van der Waals surface area (Å²) >= 11 is 2.69. The van der Waals surface area contributed by atoms with E-state index in [4.69, 9.17) is 4.74 Å². The Morgan fingerprint density at radius 1 is 0.936 bits per heavy atom. The molecule has 0 saturated carbocycles. The number of thiazole rings is 1. The zero-order valence-electron chi connectivity index (χ0n) is 25.8. The summed E-state index contributed by atoms with van der Waals surface area (Å²) in [6, 6.07) is 28.1. The molecule has 1 heterocycles. The third-order valence-electron chi connectivity index (χ3n) is 6.90. The standard InChI is InChI=1S/C36H32N4O5S2/c1-22-12-14-24(15-13-22)31-21-46-36(39-31)40-33(42)23(2)47-29-11-7-10-27(19-29)37-35(44)30(38-34(43)25-8-5-4-6-9-25)18-26-16-17-28(41)20-32(26)45-3/h4-21,23,41H,1-3H3,(H,37,44)(H,38,43)(H,39,40,42)/b30-18+. The third kappa shape index (κ3) is 8.87. The number of methoxy groups -OCH3 is 1. The van der Waals surface area contributed by atoms with E-state index in [1.54, 1.807) is 61.5 Å². The Morgan fingerprint density at radius 2 is 1.70 bits per heavy atom. The van der Waals surface area contributed by atoms with E-state index in [0.717, 1.165) is 21.7 Å². The molecule has 9 nitrogen and oxygen atoms in total. The molecule has 1 unspecified atom stereocenters. The van der Waals surface area contributed by atoms with Gasteiger partial charge < -0.3 is 25.8 Å². The number of carbonyl (C=O) groups is 3. The summed E-state index contributed by atoms with van der Waals surface area (Å²) in [5, 5.41) is 20.3. The Kier molecular flexibility index (Phi) is 10.7. The number of carbonyl (C=O) groups excluding carboxylic acids is 3.